The number of hydrogen-bond donors (Lipinski definition) is 2. The van der Waals surface area contributed by atoms with E-state index in [-0.39, 0.29) is 17.9 Å². The number of carbonyl (C=O) groups excluding carboxylic acids is 1. The van der Waals surface area contributed by atoms with Crippen molar-refractivity contribution in [2.75, 3.05) is 0 Å². The summed E-state index contributed by atoms with van der Waals surface area (Å²) in [5, 5.41) is 11.7. The van der Waals surface area contributed by atoms with Crippen LogP contribution in [-0.4, -0.2) is 11.0 Å². The number of rotatable bonds is 2. The summed E-state index contributed by atoms with van der Waals surface area (Å²) in [6.45, 7) is 0. The summed E-state index contributed by atoms with van der Waals surface area (Å²) in [7, 11) is 0. The van der Waals surface area contributed by atoms with Gasteiger partial charge in [-0.3, -0.25) is 4.79 Å². The average Bonchev–Trinajstić information content (AvgIpc) is 2.58. The smallest absolute Gasteiger partial charge is 0.218 e. The Kier molecular flexibility index (Phi) is 2.56. The summed E-state index contributed by atoms with van der Waals surface area (Å²) < 4.78 is 0. The van der Waals surface area contributed by atoms with Crippen LogP contribution in [0.3, 0.4) is 0 Å². The normalized spacial score (nSPS) is 25.8. The van der Waals surface area contributed by atoms with Gasteiger partial charge in [-0.05, 0) is 35.8 Å². The molecule has 1 aromatic rings. The molecule has 0 saturated carbocycles. The van der Waals surface area contributed by atoms with Crippen LogP contribution in [0.1, 0.15) is 41.7 Å². The van der Waals surface area contributed by atoms with E-state index >= 15 is 0 Å². The van der Waals surface area contributed by atoms with Crippen LogP contribution in [0, 0.1) is 0 Å². The fraction of sp³-hybridized carbons (Fsp3) is 0.500. The zero-order valence-electron chi connectivity index (χ0n) is 7.77. The first-order chi connectivity index (χ1) is 6.68. The monoisotopic (exact) mass is 211 g/mol. The third kappa shape index (κ3) is 1.67. The Morgan fingerprint density at radius 3 is 3.14 bits per heavy atom. The van der Waals surface area contributed by atoms with Gasteiger partial charge in [0, 0.05) is 11.3 Å². The summed E-state index contributed by atoms with van der Waals surface area (Å²) in [4.78, 5) is 11.9. The molecule has 3 nitrogen and oxygen atoms in total. The molecule has 1 aromatic heterocycles. The third-order valence-electron chi connectivity index (χ3n) is 2.71. The minimum absolute atomic E-state index is 0.220. The van der Waals surface area contributed by atoms with Gasteiger partial charge in [0.25, 0.3) is 0 Å². The molecule has 2 unspecified atom stereocenters. The molecule has 0 radical (unpaired) electrons. The molecule has 0 fully saturated rings. The van der Waals surface area contributed by atoms with E-state index in [0.29, 0.717) is 6.42 Å². The molecule has 14 heavy (non-hydrogen) atoms. The number of nitrogens with two attached hydrogens (primary N) is 1. The molecule has 2 rings (SSSR count). The molecule has 76 valence electrons. The predicted molar refractivity (Wildman–Crippen MR) is 55.1 cm³/mol. The lowest BCUT2D eigenvalue weighted by atomic mass is 9.84. The molecule has 1 heterocycles. The maximum atomic E-state index is 10.8. The van der Waals surface area contributed by atoms with Crippen LogP contribution in [0.15, 0.2) is 11.4 Å². The first kappa shape index (κ1) is 9.68. The Morgan fingerprint density at radius 2 is 2.43 bits per heavy atom. The number of aliphatic hydroxyl groups excluding tert-OH is 1. The van der Waals surface area contributed by atoms with Gasteiger partial charge in [-0.1, -0.05) is 0 Å². The van der Waals surface area contributed by atoms with Gasteiger partial charge >= 0.3 is 0 Å². The summed E-state index contributed by atoms with van der Waals surface area (Å²) in [5.41, 5.74) is 6.30. The van der Waals surface area contributed by atoms with E-state index in [1.54, 1.807) is 11.3 Å². The lowest BCUT2D eigenvalue weighted by Crippen LogP contribution is -2.19. The average molecular weight is 211 g/mol. The molecule has 0 bridgehead atoms. The summed E-state index contributed by atoms with van der Waals surface area (Å²) in [6.07, 6.45) is 1.66. The van der Waals surface area contributed by atoms with Crippen molar-refractivity contribution in [2.45, 2.75) is 31.3 Å². The second-order valence-electron chi connectivity index (χ2n) is 3.70. The van der Waals surface area contributed by atoms with Gasteiger partial charge in [0.05, 0.1) is 6.10 Å². The van der Waals surface area contributed by atoms with Crippen molar-refractivity contribution in [1.29, 1.82) is 0 Å². The first-order valence-corrected chi connectivity index (χ1v) is 5.60. The molecule has 1 aliphatic rings. The minimum atomic E-state index is -0.339. The summed E-state index contributed by atoms with van der Waals surface area (Å²) >= 11 is 1.56. The highest BCUT2D eigenvalue weighted by Crippen LogP contribution is 2.41. The molecule has 2 atom stereocenters. The molecule has 0 spiro atoms. The van der Waals surface area contributed by atoms with Gasteiger partial charge < -0.3 is 10.8 Å². The van der Waals surface area contributed by atoms with Crippen LogP contribution in [0.25, 0.3) is 0 Å². The Labute approximate surface area is 86.6 Å². The van der Waals surface area contributed by atoms with Crippen molar-refractivity contribution in [3.8, 4) is 0 Å². The van der Waals surface area contributed by atoms with Crippen LogP contribution in [0.2, 0.25) is 0 Å². The highest BCUT2D eigenvalue weighted by atomic mass is 32.1. The number of primary amides is 1. The second-order valence-corrected chi connectivity index (χ2v) is 4.65. The van der Waals surface area contributed by atoms with Crippen molar-refractivity contribution in [3.63, 3.8) is 0 Å². The number of fused-ring (bicyclic) bond motifs is 1. The lowest BCUT2D eigenvalue weighted by molar-refractivity contribution is -0.118. The molecule has 1 aliphatic carbocycles. The molecular formula is C10H13NO2S. The fourth-order valence-electron chi connectivity index (χ4n) is 2.04. The Balaban J connectivity index is 2.24. The second kappa shape index (κ2) is 3.71. The Bertz CT molecular complexity index is 348. The number of carbonyl (C=O) groups is 1. The van der Waals surface area contributed by atoms with Crippen LogP contribution in [0.5, 0.6) is 0 Å². The number of thiophene rings is 1. The minimum Gasteiger partial charge on any atom is -0.388 e. The molecule has 0 aliphatic heterocycles. The maximum Gasteiger partial charge on any atom is 0.218 e. The van der Waals surface area contributed by atoms with Crippen molar-refractivity contribution in [2.24, 2.45) is 5.73 Å². The van der Waals surface area contributed by atoms with Gasteiger partial charge in [0.2, 0.25) is 5.91 Å². The van der Waals surface area contributed by atoms with Gasteiger partial charge in [0.1, 0.15) is 0 Å². The van der Waals surface area contributed by atoms with Gasteiger partial charge in [-0.15, -0.1) is 11.3 Å². The van der Waals surface area contributed by atoms with Crippen molar-refractivity contribution in [3.05, 3.63) is 21.9 Å². The topological polar surface area (TPSA) is 63.3 Å². The maximum absolute atomic E-state index is 10.8. The highest BCUT2D eigenvalue weighted by Gasteiger charge is 2.27. The molecule has 0 aromatic carbocycles. The van der Waals surface area contributed by atoms with Gasteiger partial charge in [0.15, 0.2) is 0 Å². The van der Waals surface area contributed by atoms with E-state index in [2.05, 4.69) is 0 Å². The zero-order chi connectivity index (χ0) is 10.1. The van der Waals surface area contributed by atoms with E-state index in [0.717, 1.165) is 23.3 Å². The predicted octanol–water partition coefficient (Wildman–Crippen LogP) is 1.53. The van der Waals surface area contributed by atoms with E-state index in [1.165, 1.54) is 0 Å². The molecule has 3 N–H and O–H groups in total. The van der Waals surface area contributed by atoms with E-state index in [4.69, 9.17) is 5.73 Å². The van der Waals surface area contributed by atoms with Crippen molar-refractivity contribution in [1.82, 2.24) is 0 Å². The van der Waals surface area contributed by atoms with Crippen molar-refractivity contribution >= 4 is 17.2 Å². The Hall–Kier alpha value is -0.870. The first-order valence-electron chi connectivity index (χ1n) is 4.72. The number of amides is 1. The van der Waals surface area contributed by atoms with Crippen LogP contribution < -0.4 is 5.73 Å². The van der Waals surface area contributed by atoms with Crippen LogP contribution in [0.4, 0.5) is 0 Å². The highest BCUT2D eigenvalue weighted by molar-refractivity contribution is 7.10. The third-order valence-corrected chi connectivity index (χ3v) is 3.74. The van der Waals surface area contributed by atoms with Gasteiger partial charge in [-0.2, -0.15) is 0 Å². The van der Waals surface area contributed by atoms with Gasteiger partial charge in [-0.25, -0.2) is 0 Å². The molecule has 1 amide bonds. The largest absolute Gasteiger partial charge is 0.388 e. The van der Waals surface area contributed by atoms with Crippen LogP contribution >= 0.6 is 11.3 Å². The quantitative estimate of drug-likeness (QED) is 0.779. The lowest BCUT2D eigenvalue weighted by Gasteiger charge is -2.24. The van der Waals surface area contributed by atoms with Crippen molar-refractivity contribution < 1.29 is 9.90 Å². The standard InChI is InChI=1S/C10H13NO2S/c11-9(13)5-6-1-2-8(12)10-7(6)3-4-14-10/h3-4,6,8,12H,1-2,5H2,(H2,11,13). The fourth-order valence-corrected chi connectivity index (χ4v) is 3.05. The van der Waals surface area contributed by atoms with E-state index < -0.39 is 0 Å². The van der Waals surface area contributed by atoms with Crippen LogP contribution in [-0.2, 0) is 4.79 Å². The number of aliphatic hydroxyl groups is 1. The molecule has 4 heteroatoms. The molecule has 0 saturated heterocycles. The SMILES string of the molecule is NC(=O)CC1CCC(O)c2sccc21. The zero-order valence-corrected chi connectivity index (χ0v) is 8.59. The van der Waals surface area contributed by atoms with E-state index in [9.17, 15) is 9.90 Å². The molecular weight excluding hydrogens is 198 g/mol. The number of hydrogen-bond acceptors (Lipinski definition) is 3. The summed E-state index contributed by atoms with van der Waals surface area (Å²) in [5.74, 6) is -0.0410. The summed E-state index contributed by atoms with van der Waals surface area (Å²) in [6, 6.07) is 2.00. The Morgan fingerprint density at radius 1 is 1.64 bits per heavy atom. The van der Waals surface area contributed by atoms with E-state index in [1.807, 2.05) is 11.4 Å².